The summed E-state index contributed by atoms with van der Waals surface area (Å²) >= 11 is 0. The molecule has 0 aromatic heterocycles. The molecule has 0 atom stereocenters. The van der Waals surface area contributed by atoms with Crippen molar-refractivity contribution in [3.63, 3.8) is 0 Å². The molecule has 4 nitrogen and oxygen atoms in total. The Balaban J connectivity index is 2.24. The standard InChI is InChI=1S/C15H20N2O2/c1-15(2,3)19-14(18)17-10-4-5-12-6-8-13(11-16)9-7-12/h6-9H,4-5,10H2,1-3H3,(H,17,18). The Kier molecular flexibility index (Phi) is 5.37. The average molecular weight is 260 g/mol. The van der Waals surface area contributed by atoms with Gasteiger partial charge in [-0.1, -0.05) is 12.1 Å². The summed E-state index contributed by atoms with van der Waals surface area (Å²) < 4.78 is 5.13. The van der Waals surface area contributed by atoms with Crippen molar-refractivity contribution < 1.29 is 9.53 Å². The monoisotopic (exact) mass is 260 g/mol. The fourth-order valence-electron chi connectivity index (χ4n) is 1.54. The number of nitriles is 1. The zero-order valence-corrected chi connectivity index (χ0v) is 11.7. The number of hydrogen-bond donors (Lipinski definition) is 1. The Morgan fingerprint density at radius 1 is 1.32 bits per heavy atom. The van der Waals surface area contributed by atoms with E-state index in [2.05, 4.69) is 11.4 Å². The van der Waals surface area contributed by atoms with Gasteiger partial charge in [-0.3, -0.25) is 0 Å². The first kappa shape index (κ1) is 15.0. The summed E-state index contributed by atoms with van der Waals surface area (Å²) in [7, 11) is 0. The van der Waals surface area contributed by atoms with Gasteiger partial charge >= 0.3 is 6.09 Å². The lowest BCUT2D eigenvalue weighted by atomic mass is 10.1. The summed E-state index contributed by atoms with van der Waals surface area (Å²) in [5, 5.41) is 11.4. The van der Waals surface area contributed by atoms with Crippen LogP contribution in [-0.2, 0) is 11.2 Å². The Morgan fingerprint density at radius 2 is 1.95 bits per heavy atom. The van der Waals surface area contributed by atoms with Gasteiger partial charge in [0, 0.05) is 6.54 Å². The van der Waals surface area contributed by atoms with Crippen molar-refractivity contribution in [3.05, 3.63) is 35.4 Å². The summed E-state index contributed by atoms with van der Waals surface area (Å²) in [6.07, 6.45) is 1.32. The summed E-state index contributed by atoms with van der Waals surface area (Å²) in [5.74, 6) is 0. The van der Waals surface area contributed by atoms with Crippen LogP contribution in [0.5, 0.6) is 0 Å². The zero-order valence-electron chi connectivity index (χ0n) is 11.7. The number of carbonyl (C=O) groups is 1. The van der Waals surface area contributed by atoms with E-state index < -0.39 is 5.60 Å². The second kappa shape index (κ2) is 6.79. The first-order valence-corrected chi connectivity index (χ1v) is 6.36. The Morgan fingerprint density at radius 3 is 2.47 bits per heavy atom. The Bertz CT molecular complexity index is 453. The molecule has 0 bridgehead atoms. The molecule has 1 aromatic carbocycles. The highest BCUT2D eigenvalue weighted by Gasteiger charge is 2.15. The van der Waals surface area contributed by atoms with Crippen LogP contribution in [0.1, 0.15) is 38.3 Å². The van der Waals surface area contributed by atoms with E-state index in [0.717, 1.165) is 18.4 Å². The number of hydrogen-bond acceptors (Lipinski definition) is 3. The maximum Gasteiger partial charge on any atom is 0.407 e. The number of aryl methyl sites for hydroxylation is 1. The third-order valence-electron chi connectivity index (χ3n) is 2.39. The van der Waals surface area contributed by atoms with Crippen LogP contribution < -0.4 is 5.32 Å². The topological polar surface area (TPSA) is 62.1 Å². The summed E-state index contributed by atoms with van der Waals surface area (Å²) in [6, 6.07) is 9.56. The minimum absolute atomic E-state index is 0.382. The normalized spacial score (nSPS) is 10.6. The van der Waals surface area contributed by atoms with Crippen molar-refractivity contribution in [1.82, 2.24) is 5.32 Å². The largest absolute Gasteiger partial charge is 0.444 e. The van der Waals surface area contributed by atoms with E-state index in [1.54, 1.807) is 12.1 Å². The van der Waals surface area contributed by atoms with Crippen LogP contribution in [-0.4, -0.2) is 18.2 Å². The van der Waals surface area contributed by atoms with Gasteiger partial charge < -0.3 is 10.1 Å². The second-order valence-corrected chi connectivity index (χ2v) is 5.34. The lowest BCUT2D eigenvalue weighted by Gasteiger charge is -2.19. The Hall–Kier alpha value is -2.02. The van der Waals surface area contributed by atoms with Crippen LogP contribution in [0.2, 0.25) is 0 Å². The molecule has 1 amide bonds. The molecule has 102 valence electrons. The minimum Gasteiger partial charge on any atom is -0.444 e. The van der Waals surface area contributed by atoms with Gasteiger partial charge in [0.05, 0.1) is 11.6 Å². The van der Waals surface area contributed by atoms with Gasteiger partial charge in [-0.2, -0.15) is 5.26 Å². The molecule has 19 heavy (non-hydrogen) atoms. The van der Waals surface area contributed by atoms with Crippen LogP contribution in [0.3, 0.4) is 0 Å². The fraction of sp³-hybridized carbons (Fsp3) is 0.467. The number of benzene rings is 1. The molecule has 0 saturated carbocycles. The third-order valence-corrected chi connectivity index (χ3v) is 2.39. The second-order valence-electron chi connectivity index (χ2n) is 5.34. The quantitative estimate of drug-likeness (QED) is 0.846. The first-order valence-electron chi connectivity index (χ1n) is 6.36. The van der Waals surface area contributed by atoms with Gasteiger partial charge in [-0.15, -0.1) is 0 Å². The smallest absolute Gasteiger partial charge is 0.407 e. The summed E-state index contributed by atoms with van der Waals surface area (Å²) in [4.78, 5) is 11.4. The van der Waals surface area contributed by atoms with E-state index in [4.69, 9.17) is 10.00 Å². The highest BCUT2D eigenvalue weighted by atomic mass is 16.6. The van der Waals surface area contributed by atoms with Crippen molar-refractivity contribution in [2.45, 2.75) is 39.2 Å². The molecule has 1 rings (SSSR count). The van der Waals surface area contributed by atoms with Crippen molar-refractivity contribution in [2.75, 3.05) is 6.54 Å². The molecule has 4 heteroatoms. The SMILES string of the molecule is CC(C)(C)OC(=O)NCCCc1ccc(C#N)cc1. The highest BCUT2D eigenvalue weighted by molar-refractivity contribution is 5.67. The molecule has 0 unspecified atom stereocenters. The molecule has 0 heterocycles. The summed E-state index contributed by atoms with van der Waals surface area (Å²) in [5.41, 5.74) is 1.36. The fourth-order valence-corrected chi connectivity index (χ4v) is 1.54. The zero-order chi connectivity index (χ0) is 14.3. The van der Waals surface area contributed by atoms with Gasteiger partial charge in [-0.25, -0.2) is 4.79 Å². The highest BCUT2D eigenvalue weighted by Crippen LogP contribution is 2.07. The molecule has 0 aliphatic carbocycles. The number of alkyl carbamates (subject to hydrolysis) is 1. The van der Waals surface area contributed by atoms with Crippen molar-refractivity contribution in [2.24, 2.45) is 0 Å². The van der Waals surface area contributed by atoms with E-state index in [9.17, 15) is 4.79 Å². The number of nitrogens with zero attached hydrogens (tertiary/aromatic N) is 1. The van der Waals surface area contributed by atoms with Crippen LogP contribution in [0, 0.1) is 11.3 Å². The van der Waals surface area contributed by atoms with Gasteiger partial charge in [-0.05, 0) is 51.3 Å². The van der Waals surface area contributed by atoms with E-state index in [-0.39, 0.29) is 6.09 Å². The van der Waals surface area contributed by atoms with Crippen LogP contribution >= 0.6 is 0 Å². The lowest BCUT2D eigenvalue weighted by molar-refractivity contribution is 0.0527. The average Bonchev–Trinajstić information content (AvgIpc) is 2.33. The van der Waals surface area contributed by atoms with Gasteiger partial charge in [0.1, 0.15) is 5.60 Å². The molecule has 0 saturated heterocycles. The number of carbonyl (C=O) groups excluding carboxylic acids is 1. The number of ether oxygens (including phenoxy) is 1. The maximum atomic E-state index is 11.4. The molecular weight excluding hydrogens is 240 g/mol. The molecule has 0 radical (unpaired) electrons. The first-order chi connectivity index (χ1) is 8.90. The molecule has 0 aliphatic rings. The van der Waals surface area contributed by atoms with E-state index >= 15 is 0 Å². The van der Waals surface area contributed by atoms with Crippen LogP contribution in [0.15, 0.2) is 24.3 Å². The number of rotatable bonds is 4. The van der Waals surface area contributed by atoms with Crippen LogP contribution in [0.4, 0.5) is 4.79 Å². The predicted octanol–water partition coefficient (Wildman–Crippen LogP) is 3.02. The van der Waals surface area contributed by atoms with Crippen LogP contribution in [0.25, 0.3) is 0 Å². The number of amides is 1. The van der Waals surface area contributed by atoms with E-state index in [1.165, 1.54) is 0 Å². The molecular formula is C15H20N2O2. The van der Waals surface area contributed by atoms with Gasteiger partial charge in [0.2, 0.25) is 0 Å². The minimum atomic E-state index is -0.461. The van der Waals surface area contributed by atoms with E-state index in [0.29, 0.717) is 12.1 Å². The van der Waals surface area contributed by atoms with Crippen molar-refractivity contribution in [1.29, 1.82) is 5.26 Å². The predicted molar refractivity (Wildman–Crippen MR) is 73.7 cm³/mol. The van der Waals surface area contributed by atoms with Crippen molar-refractivity contribution in [3.8, 4) is 6.07 Å². The molecule has 0 fully saturated rings. The van der Waals surface area contributed by atoms with Gasteiger partial charge in [0.25, 0.3) is 0 Å². The van der Waals surface area contributed by atoms with Crippen molar-refractivity contribution >= 4 is 6.09 Å². The van der Waals surface area contributed by atoms with E-state index in [1.807, 2.05) is 32.9 Å². The number of nitrogens with one attached hydrogen (secondary N) is 1. The molecule has 0 spiro atoms. The summed E-state index contributed by atoms with van der Waals surface area (Å²) in [6.45, 7) is 6.09. The Labute approximate surface area is 114 Å². The molecule has 1 N–H and O–H groups in total. The lowest BCUT2D eigenvalue weighted by Crippen LogP contribution is -2.33. The molecule has 1 aromatic rings. The third kappa shape index (κ3) is 6.46. The van der Waals surface area contributed by atoms with Gasteiger partial charge in [0.15, 0.2) is 0 Å². The molecule has 0 aliphatic heterocycles. The maximum absolute atomic E-state index is 11.4.